The van der Waals surface area contributed by atoms with E-state index in [1.54, 1.807) is 0 Å². The molecule has 2 heteroatoms. The van der Waals surface area contributed by atoms with Crippen LogP contribution in [0.4, 0.5) is 0 Å². The Balaban J connectivity index is 1.73. The van der Waals surface area contributed by atoms with Gasteiger partial charge in [0.05, 0.1) is 0 Å². The second kappa shape index (κ2) is 12.1. The van der Waals surface area contributed by atoms with Gasteiger partial charge in [-0.3, -0.25) is 0 Å². The summed E-state index contributed by atoms with van der Waals surface area (Å²) in [6, 6.07) is 30.7. The Kier molecular flexibility index (Phi) is 8.62. The van der Waals surface area contributed by atoms with Crippen LogP contribution in [0.3, 0.4) is 0 Å². The second-order valence-corrected chi connectivity index (χ2v) is 13.3. The van der Waals surface area contributed by atoms with Crippen molar-refractivity contribution in [2.24, 2.45) is 0 Å². The molecule has 0 aliphatic rings. The van der Waals surface area contributed by atoms with Crippen molar-refractivity contribution in [3.63, 3.8) is 0 Å². The number of hydrogen-bond donors (Lipinski definition) is 0. The van der Waals surface area contributed by atoms with Crippen LogP contribution in [0.15, 0.2) is 78.9 Å². The Morgan fingerprint density at radius 1 is 0.302 bits per heavy atom. The zero-order valence-electron chi connectivity index (χ0n) is 28.2. The maximum absolute atomic E-state index is 2.41. The van der Waals surface area contributed by atoms with Crippen molar-refractivity contribution in [1.29, 1.82) is 0 Å². The van der Waals surface area contributed by atoms with Gasteiger partial charge in [0.25, 0.3) is 0 Å². The van der Waals surface area contributed by atoms with Crippen LogP contribution in [-0.2, 0) is 0 Å². The molecule has 0 radical (unpaired) electrons. The van der Waals surface area contributed by atoms with E-state index in [0.29, 0.717) is 0 Å². The van der Waals surface area contributed by atoms with Crippen molar-refractivity contribution in [2.45, 2.75) is 76.2 Å². The molecule has 0 aliphatic heterocycles. The molecule has 0 saturated carbocycles. The molecule has 0 aromatic heterocycles. The van der Waals surface area contributed by atoms with E-state index in [-0.39, 0.29) is 13.4 Å². The molecule has 0 atom stereocenters. The van der Waals surface area contributed by atoms with Gasteiger partial charge >= 0.3 is 0 Å². The van der Waals surface area contributed by atoms with Gasteiger partial charge in [0.2, 0.25) is 13.4 Å². The molecular formula is C41H46B2. The predicted octanol–water partition coefficient (Wildman–Crippen LogP) is 6.11. The zero-order chi connectivity index (χ0) is 31.2. The topological polar surface area (TPSA) is 0 Å². The van der Waals surface area contributed by atoms with E-state index < -0.39 is 0 Å². The Bertz CT molecular complexity index is 1700. The molecule has 5 rings (SSSR count). The summed E-state index contributed by atoms with van der Waals surface area (Å²) in [6.45, 7) is 25.1. The zero-order valence-corrected chi connectivity index (χ0v) is 28.2. The van der Waals surface area contributed by atoms with Gasteiger partial charge in [-0.2, -0.15) is 0 Å². The van der Waals surface area contributed by atoms with Crippen LogP contribution in [0.2, 0.25) is 0 Å². The van der Waals surface area contributed by atoms with E-state index in [1.165, 1.54) is 94.0 Å². The Hall–Kier alpha value is -3.77. The summed E-state index contributed by atoms with van der Waals surface area (Å²) >= 11 is 0. The summed E-state index contributed by atoms with van der Waals surface area (Å²) in [6.07, 6.45) is 0. The lowest BCUT2D eigenvalue weighted by atomic mass is 9.32. The third-order valence-corrected chi connectivity index (χ3v) is 9.42. The average Bonchev–Trinajstić information content (AvgIpc) is 2.89. The van der Waals surface area contributed by atoms with Crippen LogP contribution in [0.1, 0.15) is 61.2 Å². The lowest BCUT2D eigenvalue weighted by molar-refractivity contribution is 1.34. The summed E-state index contributed by atoms with van der Waals surface area (Å²) in [5.74, 6) is 0. The quantitative estimate of drug-likeness (QED) is 0.220. The SMILES string of the molecule is Cc1ccc(B(c2ccc(B(c3c(C)cc(C)cc3C)c3c(C)cc(C)cc3C)cc2)c2c(C)cc(C)cc2C)c(C)c1. The largest absolute Gasteiger partial charge is 0.242 e. The predicted molar refractivity (Wildman–Crippen MR) is 194 cm³/mol. The standard InChI is InChI=1S/C41H46B2/c1-25-12-17-38(29(5)18-25)42(39-30(6)19-26(2)20-31(39)7)36-13-15-37(16-14-36)43(40-32(8)21-27(3)22-33(40)9)41-34(10)23-28(4)24-35(41)11/h12-24H,1-11H3. The normalized spacial score (nSPS) is 11.1. The minimum atomic E-state index is 0.178. The highest BCUT2D eigenvalue weighted by molar-refractivity contribution is 6.98. The van der Waals surface area contributed by atoms with Crippen LogP contribution in [0, 0.1) is 76.2 Å². The van der Waals surface area contributed by atoms with Gasteiger partial charge in [0.1, 0.15) is 0 Å². The van der Waals surface area contributed by atoms with E-state index >= 15 is 0 Å². The maximum atomic E-state index is 2.41. The molecular weight excluding hydrogens is 514 g/mol. The van der Waals surface area contributed by atoms with E-state index in [4.69, 9.17) is 0 Å². The van der Waals surface area contributed by atoms with Crippen LogP contribution in [-0.4, -0.2) is 13.4 Å². The van der Waals surface area contributed by atoms with Crippen molar-refractivity contribution >= 4 is 46.2 Å². The van der Waals surface area contributed by atoms with Gasteiger partial charge in [0.15, 0.2) is 0 Å². The summed E-state index contributed by atoms with van der Waals surface area (Å²) < 4.78 is 0. The van der Waals surface area contributed by atoms with Crippen LogP contribution >= 0.6 is 0 Å². The van der Waals surface area contributed by atoms with E-state index in [2.05, 4.69) is 155 Å². The minimum absolute atomic E-state index is 0.178. The molecule has 0 heterocycles. The number of rotatable bonds is 6. The summed E-state index contributed by atoms with van der Waals surface area (Å²) in [5.41, 5.74) is 23.2. The maximum Gasteiger partial charge on any atom is 0.242 e. The van der Waals surface area contributed by atoms with Crippen LogP contribution in [0.25, 0.3) is 0 Å². The molecule has 0 spiro atoms. The smallest absolute Gasteiger partial charge is 0.0687 e. The summed E-state index contributed by atoms with van der Waals surface area (Å²) in [5, 5.41) is 0. The second-order valence-electron chi connectivity index (χ2n) is 13.3. The number of aryl methyl sites for hydroxylation is 11. The highest BCUT2D eigenvalue weighted by atomic mass is 14.1. The van der Waals surface area contributed by atoms with Gasteiger partial charge in [-0.25, -0.2) is 0 Å². The minimum Gasteiger partial charge on any atom is -0.0687 e. The van der Waals surface area contributed by atoms with Gasteiger partial charge in [0, 0.05) is 0 Å². The molecule has 0 nitrogen and oxygen atoms in total. The first-order chi connectivity index (χ1) is 20.3. The van der Waals surface area contributed by atoms with Crippen molar-refractivity contribution in [1.82, 2.24) is 0 Å². The highest BCUT2D eigenvalue weighted by Crippen LogP contribution is 2.14. The first-order valence-electron chi connectivity index (χ1n) is 15.8. The fourth-order valence-electron chi connectivity index (χ4n) is 7.95. The molecule has 43 heavy (non-hydrogen) atoms. The first-order valence-corrected chi connectivity index (χ1v) is 15.8. The Morgan fingerprint density at radius 2 is 0.605 bits per heavy atom. The van der Waals surface area contributed by atoms with Crippen molar-refractivity contribution in [3.05, 3.63) is 140 Å². The summed E-state index contributed by atoms with van der Waals surface area (Å²) in [4.78, 5) is 0. The molecule has 0 bridgehead atoms. The van der Waals surface area contributed by atoms with Crippen LogP contribution in [0.5, 0.6) is 0 Å². The molecule has 5 aromatic rings. The first kappa shape index (κ1) is 30.7. The third kappa shape index (κ3) is 6.03. The van der Waals surface area contributed by atoms with E-state index in [9.17, 15) is 0 Å². The molecule has 0 aliphatic carbocycles. The van der Waals surface area contributed by atoms with Gasteiger partial charge in [-0.1, -0.05) is 173 Å². The third-order valence-electron chi connectivity index (χ3n) is 9.42. The van der Waals surface area contributed by atoms with E-state index in [1.807, 2.05) is 0 Å². The fourth-order valence-corrected chi connectivity index (χ4v) is 7.95. The number of hydrogen-bond acceptors (Lipinski definition) is 0. The monoisotopic (exact) mass is 560 g/mol. The highest BCUT2D eigenvalue weighted by Gasteiger charge is 2.30. The van der Waals surface area contributed by atoms with E-state index in [0.717, 1.165) is 0 Å². The van der Waals surface area contributed by atoms with Gasteiger partial charge < -0.3 is 0 Å². The molecule has 0 N–H and O–H groups in total. The fraction of sp³-hybridized carbons (Fsp3) is 0.268. The Morgan fingerprint density at radius 3 is 0.953 bits per heavy atom. The lowest BCUT2D eigenvalue weighted by Gasteiger charge is -2.26. The lowest BCUT2D eigenvalue weighted by Crippen LogP contribution is -2.57. The van der Waals surface area contributed by atoms with Gasteiger partial charge in [-0.15, -0.1) is 0 Å². The summed E-state index contributed by atoms with van der Waals surface area (Å²) in [7, 11) is 0. The molecule has 0 unspecified atom stereocenters. The van der Waals surface area contributed by atoms with Crippen molar-refractivity contribution < 1.29 is 0 Å². The van der Waals surface area contributed by atoms with Crippen LogP contribution < -0.4 is 32.8 Å². The van der Waals surface area contributed by atoms with Crippen molar-refractivity contribution in [2.75, 3.05) is 0 Å². The Labute approximate surface area is 261 Å². The van der Waals surface area contributed by atoms with Crippen molar-refractivity contribution in [3.8, 4) is 0 Å². The molecule has 216 valence electrons. The molecule has 0 saturated heterocycles. The molecule has 0 fully saturated rings. The van der Waals surface area contributed by atoms with Gasteiger partial charge in [-0.05, 0) is 76.2 Å². The molecule has 5 aromatic carbocycles. The number of benzene rings is 5. The average molecular weight is 560 g/mol. The molecule has 0 amide bonds.